The molecule has 0 aliphatic heterocycles. The van der Waals surface area contributed by atoms with Gasteiger partial charge in [0.1, 0.15) is 5.75 Å². The van der Waals surface area contributed by atoms with E-state index in [2.05, 4.69) is 52.3 Å². The number of nitrogens with one attached hydrogen (secondary N) is 1. The molecule has 0 unspecified atom stereocenters. The molecule has 0 radical (unpaired) electrons. The monoisotopic (exact) mass is 369 g/mol. The predicted molar refractivity (Wildman–Crippen MR) is 106 cm³/mol. The Morgan fingerprint density at radius 2 is 1.60 bits per heavy atom. The van der Waals surface area contributed by atoms with Gasteiger partial charge >= 0.3 is 10.3 Å². The lowest BCUT2D eigenvalue weighted by molar-refractivity contribution is 0.441. The van der Waals surface area contributed by atoms with E-state index in [0.29, 0.717) is 12.3 Å². The highest BCUT2D eigenvalue weighted by atomic mass is 32.2. The summed E-state index contributed by atoms with van der Waals surface area (Å²) in [5.41, 5.74) is 2.01. The molecule has 0 aliphatic carbocycles. The molecule has 1 aromatic carbocycles. The van der Waals surface area contributed by atoms with E-state index in [4.69, 9.17) is 4.18 Å². The third-order valence-electron chi connectivity index (χ3n) is 5.27. The second-order valence-electron chi connectivity index (χ2n) is 7.97. The van der Waals surface area contributed by atoms with Gasteiger partial charge in [-0.3, -0.25) is 0 Å². The minimum absolute atomic E-state index is 0.0371. The normalized spacial score (nSPS) is 13.1. The molecule has 1 aromatic rings. The maximum atomic E-state index is 12.2. The van der Waals surface area contributed by atoms with Crippen molar-refractivity contribution in [3.63, 3.8) is 0 Å². The molecule has 0 fully saturated rings. The van der Waals surface area contributed by atoms with Crippen molar-refractivity contribution >= 4 is 10.3 Å². The summed E-state index contributed by atoms with van der Waals surface area (Å²) in [5, 5.41) is 0. The van der Waals surface area contributed by atoms with Crippen LogP contribution in [0.4, 0.5) is 0 Å². The smallest absolute Gasteiger partial charge is 0.371 e. The molecule has 0 amide bonds. The van der Waals surface area contributed by atoms with Crippen LogP contribution in [0.1, 0.15) is 85.3 Å². The molecule has 0 bridgehead atoms. The molecule has 0 heterocycles. The summed E-state index contributed by atoms with van der Waals surface area (Å²) in [6.45, 7) is 15.3. The summed E-state index contributed by atoms with van der Waals surface area (Å²) < 4.78 is 32.4. The van der Waals surface area contributed by atoms with E-state index in [1.807, 2.05) is 13.0 Å². The minimum atomic E-state index is -3.80. The van der Waals surface area contributed by atoms with E-state index in [-0.39, 0.29) is 10.8 Å². The number of rotatable bonds is 10. The second kappa shape index (κ2) is 8.54. The summed E-state index contributed by atoms with van der Waals surface area (Å²) in [6, 6.07) is 5.90. The first-order chi connectivity index (χ1) is 11.5. The fraction of sp³-hybridized carbons (Fsp3) is 0.700. The van der Waals surface area contributed by atoms with E-state index in [9.17, 15) is 8.42 Å². The zero-order valence-corrected chi connectivity index (χ0v) is 17.7. The average molecular weight is 370 g/mol. The lowest BCUT2D eigenvalue weighted by Crippen LogP contribution is -2.30. The molecular weight excluding hydrogens is 334 g/mol. The van der Waals surface area contributed by atoms with Crippen LogP contribution in [0.2, 0.25) is 0 Å². The third-order valence-corrected chi connectivity index (χ3v) is 6.22. The van der Waals surface area contributed by atoms with Gasteiger partial charge in [-0.15, -0.1) is 0 Å². The van der Waals surface area contributed by atoms with Crippen molar-refractivity contribution in [1.29, 1.82) is 0 Å². The molecule has 0 atom stereocenters. The second-order valence-corrected chi connectivity index (χ2v) is 9.33. The van der Waals surface area contributed by atoms with Crippen LogP contribution in [-0.4, -0.2) is 15.0 Å². The Hall–Kier alpha value is -1.07. The van der Waals surface area contributed by atoms with Crippen molar-refractivity contribution < 1.29 is 12.6 Å². The first-order valence-electron chi connectivity index (χ1n) is 9.33. The molecule has 25 heavy (non-hydrogen) atoms. The molecule has 1 N–H and O–H groups in total. The Morgan fingerprint density at radius 3 is 2.12 bits per heavy atom. The van der Waals surface area contributed by atoms with Gasteiger partial charge in [-0.1, -0.05) is 67.0 Å². The summed E-state index contributed by atoms with van der Waals surface area (Å²) in [5.74, 6) is 0.423. The van der Waals surface area contributed by atoms with Gasteiger partial charge in [0.25, 0.3) is 0 Å². The maximum absolute atomic E-state index is 12.2. The Kier molecular flexibility index (Phi) is 7.51. The van der Waals surface area contributed by atoms with Crippen LogP contribution >= 0.6 is 0 Å². The summed E-state index contributed by atoms with van der Waals surface area (Å²) >= 11 is 0. The van der Waals surface area contributed by atoms with Gasteiger partial charge in [-0.25, -0.2) is 0 Å². The zero-order valence-electron chi connectivity index (χ0n) is 16.9. The SMILES string of the molecule is CCCCNS(=O)(=O)Oc1ccc(C(C)(C)CC)cc1C(C)(C)CC. The molecule has 0 aliphatic rings. The van der Waals surface area contributed by atoms with Crippen molar-refractivity contribution in [2.24, 2.45) is 0 Å². The Bertz CT molecular complexity index is 664. The molecule has 1 rings (SSSR count). The number of unbranched alkanes of at least 4 members (excludes halogenated alkanes) is 1. The van der Waals surface area contributed by atoms with Gasteiger partial charge in [-0.2, -0.15) is 13.1 Å². The first-order valence-corrected chi connectivity index (χ1v) is 10.7. The van der Waals surface area contributed by atoms with Gasteiger partial charge in [-0.05, 0) is 41.7 Å². The van der Waals surface area contributed by atoms with E-state index < -0.39 is 10.3 Å². The number of hydrogen-bond acceptors (Lipinski definition) is 3. The van der Waals surface area contributed by atoms with Crippen molar-refractivity contribution in [3.05, 3.63) is 29.3 Å². The fourth-order valence-electron chi connectivity index (χ4n) is 2.47. The van der Waals surface area contributed by atoms with Crippen molar-refractivity contribution in [2.45, 2.75) is 85.0 Å². The van der Waals surface area contributed by atoms with Gasteiger partial charge in [0.15, 0.2) is 0 Å². The minimum Gasteiger partial charge on any atom is -0.371 e. The number of benzene rings is 1. The topological polar surface area (TPSA) is 55.4 Å². The van der Waals surface area contributed by atoms with Gasteiger partial charge < -0.3 is 4.18 Å². The molecule has 5 heteroatoms. The molecule has 0 saturated carbocycles. The third kappa shape index (κ3) is 6.00. The van der Waals surface area contributed by atoms with Gasteiger partial charge in [0.05, 0.1) is 0 Å². The molecule has 0 saturated heterocycles. The highest BCUT2D eigenvalue weighted by Crippen LogP contribution is 2.38. The highest BCUT2D eigenvalue weighted by molar-refractivity contribution is 7.85. The molecular formula is C20H35NO3S. The fourth-order valence-corrected chi connectivity index (χ4v) is 3.30. The molecule has 4 nitrogen and oxygen atoms in total. The predicted octanol–water partition coefficient (Wildman–Crippen LogP) is 5.08. The summed E-state index contributed by atoms with van der Waals surface area (Å²) in [4.78, 5) is 0. The lowest BCUT2D eigenvalue weighted by atomic mass is 9.76. The Labute approximate surface area is 154 Å². The van der Waals surface area contributed by atoms with E-state index in [0.717, 1.165) is 31.2 Å². The summed E-state index contributed by atoms with van der Waals surface area (Å²) in [6.07, 6.45) is 3.62. The van der Waals surface area contributed by atoms with Crippen LogP contribution in [0.3, 0.4) is 0 Å². The molecule has 0 spiro atoms. The lowest BCUT2D eigenvalue weighted by Gasteiger charge is -2.30. The van der Waals surface area contributed by atoms with E-state index in [1.54, 1.807) is 6.07 Å². The zero-order chi connectivity index (χ0) is 19.3. The van der Waals surface area contributed by atoms with Crippen LogP contribution < -0.4 is 8.91 Å². The van der Waals surface area contributed by atoms with Crippen LogP contribution in [0.25, 0.3) is 0 Å². The average Bonchev–Trinajstić information content (AvgIpc) is 2.54. The Morgan fingerprint density at radius 1 is 1.00 bits per heavy atom. The van der Waals surface area contributed by atoms with Crippen LogP contribution in [0.15, 0.2) is 18.2 Å². The largest absolute Gasteiger partial charge is 0.382 e. The highest BCUT2D eigenvalue weighted by Gasteiger charge is 2.28. The van der Waals surface area contributed by atoms with Gasteiger partial charge in [0, 0.05) is 12.1 Å². The van der Waals surface area contributed by atoms with Crippen molar-refractivity contribution in [3.8, 4) is 5.75 Å². The van der Waals surface area contributed by atoms with Crippen molar-refractivity contribution in [2.75, 3.05) is 6.54 Å². The van der Waals surface area contributed by atoms with Crippen molar-refractivity contribution in [1.82, 2.24) is 4.72 Å². The molecule has 144 valence electrons. The molecule has 0 aromatic heterocycles. The van der Waals surface area contributed by atoms with E-state index in [1.165, 1.54) is 5.56 Å². The number of hydrogen-bond donors (Lipinski definition) is 1. The van der Waals surface area contributed by atoms with Crippen LogP contribution in [-0.2, 0) is 21.1 Å². The Balaban J connectivity index is 3.27. The van der Waals surface area contributed by atoms with E-state index >= 15 is 0 Å². The standard InChI is InChI=1S/C20H35NO3S/c1-8-11-14-21-25(22,23)24-18-13-12-16(19(4,5)9-2)15-17(18)20(6,7)10-3/h12-13,15,21H,8-11,14H2,1-7H3. The van der Waals surface area contributed by atoms with Crippen LogP contribution in [0.5, 0.6) is 5.75 Å². The van der Waals surface area contributed by atoms with Gasteiger partial charge in [0.2, 0.25) is 0 Å². The maximum Gasteiger partial charge on any atom is 0.382 e. The quantitative estimate of drug-likeness (QED) is 0.585. The summed E-state index contributed by atoms with van der Waals surface area (Å²) in [7, 11) is -3.80. The first kappa shape index (κ1) is 22.0. The van der Waals surface area contributed by atoms with Crippen LogP contribution in [0, 0.1) is 0 Å².